The van der Waals surface area contributed by atoms with Crippen molar-refractivity contribution in [2.75, 3.05) is 39.5 Å². The normalized spacial score (nSPS) is 35.6. The molecule has 2 rings (SSSR count). The first-order chi connectivity index (χ1) is 8.15. The van der Waals surface area contributed by atoms with E-state index in [9.17, 15) is 5.11 Å². The largest absolute Gasteiger partial charge is 0.396 e. The molecule has 100 valence electrons. The lowest BCUT2D eigenvalue weighted by atomic mass is 9.83. The van der Waals surface area contributed by atoms with Gasteiger partial charge in [-0.3, -0.25) is 0 Å². The molecule has 0 aromatic heterocycles. The highest BCUT2D eigenvalue weighted by Gasteiger charge is 2.36. The fourth-order valence-electron chi connectivity index (χ4n) is 3.23. The molecule has 0 aliphatic carbocycles. The van der Waals surface area contributed by atoms with E-state index in [0.29, 0.717) is 0 Å². The van der Waals surface area contributed by atoms with E-state index >= 15 is 0 Å². The van der Waals surface area contributed by atoms with Gasteiger partial charge in [-0.1, -0.05) is 13.8 Å². The first-order valence-electron chi connectivity index (χ1n) is 7.06. The lowest BCUT2D eigenvalue weighted by Crippen LogP contribution is -2.45. The topological polar surface area (TPSA) is 32.7 Å². The molecule has 2 unspecified atom stereocenters. The minimum atomic E-state index is 0.0180. The number of nitrogens with zero attached hydrogens (tertiary/aromatic N) is 1. The first kappa shape index (κ1) is 13.3. The van der Waals surface area contributed by atoms with Gasteiger partial charge >= 0.3 is 0 Å². The summed E-state index contributed by atoms with van der Waals surface area (Å²) in [6.07, 6.45) is 3.54. The molecule has 3 heteroatoms. The highest BCUT2D eigenvalue weighted by atomic mass is 16.5. The van der Waals surface area contributed by atoms with Crippen molar-refractivity contribution in [3.05, 3.63) is 0 Å². The predicted molar refractivity (Wildman–Crippen MR) is 69.0 cm³/mol. The average Bonchev–Trinajstić information content (AvgIpc) is 2.79. The Morgan fingerprint density at radius 3 is 2.82 bits per heavy atom. The molecule has 3 nitrogen and oxygen atoms in total. The van der Waals surface area contributed by atoms with Crippen molar-refractivity contribution in [2.45, 2.75) is 33.1 Å². The van der Waals surface area contributed by atoms with E-state index in [0.717, 1.165) is 44.4 Å². The second-order valence-electron chi connectivity index (χ2n) is 6.34. The Morgan fingerprint density at radius 2 is 2.29 bits per heavy atom. The van der Waals surface area contributed by atoms with E-state index < -0.39 is 0 Å². The molecule has 0 radical (unpaired) electrons. The van der Waals surface area contributed by atoms with Gasteiger partial charge in [-0.2, -0.15) is 0 Å². The molecule has 1 N–H and O–H groups in total. The number of ether oxygens (including phenoxy) is 1. The van der Waals surface area contributed by atoms with Crippen LogP contribution in [0.5, 0.6) is 0 Å². The van der Waals surface area contributed by atoms with Crippen molar-refractivity contribution in [3.8, 4) is 0 Å². The summed E-state index contributed by atoms with van der Waals surface area (Å²) in [5.41, 5.74) is 0.0180. The Kier molecular flexibility index (Phi) is 4.45. The van der Waals surface area contributed by atoms with Crippen LogP contribution < -0.4 is 0 Å². The van der Waals surface area contributed by atoms with Gasteiger partial charge in [-0.15, -0.1) is 0 Å². The van der Waals surface area contributed by atoms with Crippen LogP contribution in [0.2, 0.25) is 0 Å². The molecule has 2 fully saturated rings. The van der Waals surface area contributed by atoms with Crippen LogP contribution in [-0.4, -0.2) is 49.5 Å². The van der Waals surface area contributed by atoms with Gasteiger partial charge in [0.25, 0.3) is 0 Å². The van der Waals surface area contributed by atoms with Crippen LogP contribution in [0.4, 0.5) is 0 Å². The minimum Gasteiger partial charge on any atom is -0.396 e. The van der Waals surface area contributed by atoms with Crippen molar-refractivity contribution in [1.82, 2.24) is 4.90 Å². The number of hydrogen-bond donors (Lipinski definition) is 1. The summed E-state index contributed by atoms with van der Waals surface area (Å²) in [6.45, 7) is 9.95. The van der Waals surface area contributed by atoms with Crippen molar-refractivity contribution in [2.24, 2.45) is 17.3 Å². The molecule has 0 aromatic carbocycles. The Labute approximate surface area is 105 Å². The molecular formula is C14H27NO2. The Balaban J connectivity index is 1.87. The number of aliphatic hydroxyl groups is 1. The summed E-state index contributed by atoms with van der Waals surface area (Å²) in [7, 11) is 0. The van der Waals surface area contributed by atoms with Gasteiger partial charge in [0.1, 0.15) is 0 Å². The summed E-state index contributed by atoms with van der Waals surface area (Å²) in [5.74, 6) is 1.63. The van der Waals surface area contributed by atoms with E-state index in [1.807, 2.05) is 0 Å². The first-order valence-corrected chi connectivity index (χ1v) is 7.06. The van der Waals surface area contributed by atoms with Gasteiger partial charge in [-0.25, -0.2) is 0 Å². The minimum absolute atomic E-state index is 0.0180. The van der Waals surface area contributed by atoms with Gasteiger partial charge in [0.15, 0.2) is 0 Å². The average molecular weight is 241 g/mol. The van der Waals surface area contributed by atoms with Crippen LogP contribution >= 0.6 is 0 Å². The molecule has 0 spiro atoms. The van der Waals surface area contributed by atoms with Gasteiger partial charge in [0.05, 0.1) is 13.2 Å². The summed E-state index contributed by atoms with van der Waals surface area (Å²) in [5, 5.41) is 9.67. The molecule has 2 heterocycles. The smallest absolute Gasteiger partial charge is 0.0556 e. The van der Waals surface area contributed by atoms with E-state index in [-0.39, 0.29) is 12.0 Å². The van der Waals surface area contributed by atoms with E-state index in [2.05, 4.69) is 18.7 Å². The Hall–Kier alpha value is -0.120. The SMILES string of the molecule is CC(C)C1CCN(CC2(CO)CCCOC2)C1. The number of likely N-dealkylation sites (tertiary alicyclic amines) is 1. The lowest BCUT2D eigenvalue weighted by molar-refractivity contribution is -0.0530. The monoisotopic (exact) mass is 241 g/mol. The molecule has 2 aliphatic rings. The van der Waals surface area contributed by atoms with E-state index in [1.54, 1.807) is 0 Å². The standard InChI is InChI=1S/C14H27NO2/c1-12(2)13-4-6-15(8-13)9-14(10-16)5-3-7-17-11-14/h12-13,16H,3-11H2,1-2H3. The second kappa shape index (κ2) is 5.68. The molecule has 2 aliphatic heterocycles. The van der Waals surface area contributed by atoms with Crippen LogP contribution in [0.1, 0.15) is 33.1 Å². The maximum Gasteiger partial charge on any atom is 0.0556 e. The van der Waals surface area contributed by atoms with Crippen LogP contribution in [0.15, 0.2) is 0 Å². The van der Waals surface area contributed by atoms with Gasteiger partial charge in [-0.05, 0) is 37.6 Å². The Bertz CT molecular complexity index is 236. The third kappa shape index (κ3) is 3.21. The van der Waals surface area contributed by atoms with Crippen LogP contribution in [0.3, 0.4) is 0 Å². The quantitative estimate of drug-likeness (QED) is 0.814. The van der Waals surface area contributed by atoms with E-state index in [4.69, 9.17) is 4.74 Å². The molecule has 2 atom stereocenters. The van der Waals surface area contributed by atoms with Gasteiger partial charge < -0.3 is 14.7 Å². The highest BCUT2D eigenvalue weighted by molar-refractivity contribution is 4.88. The molecule has 0 bridgehead atoms. The summed E-state index contributed by atoms with van der Waals surface area (Å²) >= 11 is 0. The maximum absolute atomic E-state index is 9.67. The molecule has 0 saturated carbocycles. The fraction of sp³-hybridized carbons (Fsp3) is 1.00. The molecular weight excluding hydrogens is 214 g/mol. The summed E-state index contributed by atoms with van der Waals surface area (Å²) in [6, 6.07) is 0. The van der Waals surface area contributed by atoms with Gasteiger partial charge in [0.2, 0.25) is 0 Å². The third-order valence-electron chi connectivity index (χ3n) is 4.55. The van der Waals surface area contributed by atoms with Crippen molar-refractivity contribution >= 4 is 0 Å². The zero-order valence-electron chi connectivity index (χ0n) is 11.3. The summed E-state index contributed by atoms with van der Waals surface area (Å²) in [4.78, 5) is 2.54. The van der Waals surface area contributed by atoms with Crippen molar-refractivity contribution < 1.29 is 9.84 Å². The van der Waals surface area contributed by atoms with Gasteiger partial charge in [0, 0.05) is 25.1 Å². The number of hydrogen-bond acceptors (Lipinski definition) is 3. The zero-order valence-corrected chi connectivity index (χ0v) is 11.3. The molecule has 0 amide bonds. The lowest BCUT2D eigenvalue weighted by Gasteiger charge is -2.38. The maximum atomic E-state index is 9.67. The summed E-state index contributed by atoms with van der Waals surface area (Å²) < 4.78 is 5.57. The third-order valence-corrected chi connectivity index (χ3v) is 4.55. The second-order valence-corrected chi connectivity index (χ2v) is 6.34. The van der Waals surface area contributed by atoms with Crippen molar-refractivity contribution in [3.63, 3.8) is 0 Å². The molecule has 17 heavy (non-hydrogen) atoms. The Morgan fingerprint density at radius 1 is 1.47 bits per heavy atom. The zero-order chi connectivity index (χ0) is 12.3. The van der Waals surface area contributed by atoms with Crippen LogP contribution in [-0.2, 0) is 4.74 Å². The van der Waals surface area contributed by atoms with E-state index in [1.165, 1.54) is 19.5 Å². The number of rotatable bonds is 4. The fourth-order valence-corrected chi connectivity index (χ4v) is 3.23. The molecule has 0 aromatic rings. The van der Waals surface area contributed by atoms with Crippen LogP contribution in [0.25, 0.3) is 0 Å². The van der Waals surface area contributed by atoms with Crippen LogP contribution in [0, 0.1) is 17.3 Å². The predicted octanol–water partition coefficient (Wildman–Crippen LogP) is 1.75. The van der Waals surface area contributed by atoms with Crippen molar-refractivity contribution in [1.29, 1.82) is 0 Å². The number of aliphatic hydroxyl groups excluding tert-OH is 1. The highest BCUT2D eigenvalue weighted by Crippen LogP contribution is 2.32. The molecule has 2 saturated heterocycles.